The van der Waals surface area contributed by atoms with Crippen molar-refractivity contribution in [2.45, 2.75) is 19.3 Å². The molecular formula is C24H22N4O5. The lowest BCUT2D eigenvalue weighted by Crippen LogP contribution is -2.11. The first-order chi connectivity index (χ1) is 15.9. The third-order valence-corrected chi connectivity index (χ3v) is 5.46. The molecule has 0 aliphatic carbocycles. The summed E-state index contributed by atoms with van der Waals surface area (Å²) < 4.78 is 5.17. The Kier molecular flexibility index (Phi) is 5.95. The highest BCUT2D eigenvalue weighted by Crippen LogP contribution is 2.37. The number of ether oxygens (including phenoxy) is 1. The van der Waals surface area contributed by atoms with Gasteiger partial charge in [-0.3, -0.25) is 19.7 Å². The fraction of sp³-hybridized carbons (Fsp3) is 0.167. The second-order valence-electron chi connectivity index (χ2n) is 7.68. The Bertz CT molecular complexity index is 1270. The number of nitrogens with two attached hydrogens (primary N) is 1. The average molecular weight is 446 g/mol. The molecular weight excluding hydrogens is 424 g/mol. The minimum atomic E-state index is -0.495. The van der Waals surface area contributed by atoms with E-state index in [9.17, 15) is 19.7 Å². The molecule has 3 aromatic rings. The largest absolute Gasteiger partial charge is 0.490 e. The monoisotopic (exact) mass is 446 g/mol. The number of aryl methyl sites for hydroxylation is 1. The quantitative estimate of drug-likeness (QED) is 0.364. The number of nitro groups is 1. The number of carbonyl (C=O) groups excluding carboxylic acids is 2. The normalized spacial score (nSPS) is 12.0. The van der Waals surface area contributed by atoms with E-state index in [1.165, 1.54) is 13.2 Å². The van der Waals surface area contributed by atoms with E-state index < -0.39 is 4.92 Å². The van der Waals surface area contributed by atoms with Crippen LogP contribution in [0, 0.1) is 10.1 Å². The van der Waals surface area contributed by atoms with Gasteiger partial charge in [0.25, 0.3) is 5.91 Å². The van der Waals surface area contributed by atoms with E-state index in [0.29, 0.717) is 36.2 Å². The highest BCUT2D eigenvalue weighted by molar-refractivity contribution is 6.12. The molecule has 9 heteroatoms. The van der Waals surface area contributed by atoms with Crippen molar-refractivity contribution in [1.82, 2.24) is 0 Å². The molecule has 168 valence electrons. The van der Waals surface area contributed by atoms with Gasteiger partial charge in [-0.25, -0.2) is 0 Å². The van der Waals surface area contributed by atoms with Crippen LogP contribution in [0.2, 0.25) is 0 Å². The standard InChI is InChI=1S/C24H22N4O5/c1-33-22-13-16(7-10-21(22)28(31)32)15-6-8-17-19(12-15)26-18-9-5-14(3-2-4-23(25)29)11-20(18)27-24(17)30/h5-13,26H,2-4H2,1H3,(H2,25,29)(H,27,30). The van der Waals surface area contributed by atoms with Gasteiger partial charge in [-0.15, -0.1) is 0 Å². The van der Waals surface area contributed by atoms with Crippen molar-refractivity contribution in [3.05, 3.63) is 75.8 Å². The molecule has 0 bridgehead atoms. The second kappa shape index (κ2) is 8.99. The maximum absolute atomic E-state index is 12.8. The molecule has 1 aliphatic heterocycles. The van der Waals surface area contributed by atoms with Crippen LogP contribution in [0.4, 0.5) is 22.7 Å². The Morgan fingerprint density at radius 1 is 1.00 bits per heavy atom. The van der Waals surface area contributed by atoms with Gasteiger partial charge in [0, 0.05) is 12.5 Å². The number of nitro benzene ring substituents is 1. The molecule has 0 atom stereocenters. The predicted molar refractivity (Wildman–Crippen MR) is 125 cm³/mol. The zero-order valence-corrected chi connectivity index (χ0v) is 17.9. The van der Waals surface area contributed by atoms with Crippen molar-refractivity contribution in [2.75, 3.05) is 17.7 Å². The van der Waals surface area contributed by atoms with Gasteiger partial charge in [0.2, 0.25) is 5.91 Å². The highest BCUT2D eigenvalue weighted by atomic mass is 16.6. The summed E-state index contributed by atoms with van der Waals surface area (Å²) in [5.41, 5.74) is 10.0. The number of benzene rings is 3. The first kappa shape index (κ1) is 21.8. The van der Waals surface area contributed by atoms with Crippen molar-refractivity contribution in [3.8, 4) is 16.9 Å². The number of hydrogen-bond acceptors (Lipinski definition) is 6. The number of anilines is 3. The van der Waals surface area contributed by atoms with E-state index in [-0.39, 0.29) is 23.3 Å². The Balaban J connectivity index is 1.64. The van der Waals surface area contributed by atoms with E-state index in [0.717, 1.165) is 22.4 Å². The third kappa shape index (κ3) is 4.62. The molecule has 2 amide bonds. The molecule has 1 aliphatic rings. The smallest absolute Gasteiger partial charge is 0.310 e. The summed E-state index contributed by atoms with van der Waals surface area (Å²) in [7, 11) is 1.38. The lowest BCUT2D eigenvalue weighted by Gasteiger charge is -2.12. The number of amides is 2. The van der Waals surface area contributed by atoms with E-state index in [2.05, 4.69) is 10.6 Å². The van der Waals surface area contributed by atoms with Crippen LogP contribution in [0.1, 0.15) is 28.8 Å². The van der Waals surface area contributed by atoms with Gasteiger partial charge in [-0.2, -0.15) is 0 Å². The lowest BCUT2D eigenvalue weighted by atomic mass is 10.0. The third-order valence-electron chi connectivity index (χ3n) is 5.46. The molecule has 33 heavy (non-hydrogen) atoms. The summed E-state index contributed by atoms with van der Waals surface area (Å²) in [5, 5.41) is 17.4. The van der Waals surface area contributed by atoms with Crippen molar-refractivity contribution in [1.29, 1.82) is 0 Å². The number of rotatable bonds is 7. The van der Waals surface area contributed by atoms with E-state index >= 15 is 0 Å². The lowest BCUT2D eigenvalue weighted by molar-refractivity contribution is -0.385. The molecule has 0 saturated carbocycles. The molecule has 0 radical (unpaired) electrons. The Hall–Kier alpha value is -4.40. The van der Waals surface area contributed by atoms with E-state index in [4.69, 9.17) is 10.5 Å². The fourth-order valence-electron chi connectivity index (χ4n) is 3.79. The van der Waals surface area contributed by atoms with Gasteiger partial charge in [0.05, 0.1) is 34.7 Å². The summed E-state index contributed by atoms with van der Waals surface area (Å²) >= 11 is 0. The maximum Gasteiger partial charge on any atom is 0.310 e. The Labute approximate surface area is 189 Å². The van der Waals surface area contributed by atoms with Crippen LogP contribution in [0.25, 0.3) is 11.1 Å². The number of nitrogens with zero attached hydrogens (tertiary/aromatic N) is 1. The number of hydrogen-bond donors (Lipinski definition) is 3. The number of carbonyl (C=O) groups is 2. The van der Waals surface area contributed by atoms with Gasteiger partial charge in [-0.05, 0) is 65.9 Å². The zero-order valence-electron chi connectivity index (χ0n) is 17.9. The van der Waals surface area contributed by atoms with E-state index in [1.54, 1.807) is 24.3 Å². The van der Waals surface area contributed by atoms with Crippen molar-refractivity contribution in [3.63, 3.8) is 0 Å². The van der Waals surface area contributed by atoms with Crippen LogP contribution in [-0.4, -0.2) is 23.8 Å². The molecule has 0 saturated heterocycles. The van der Waals surface area contributed by atoms with Gasteiger partial charge in [0.1, 0.15) is 0 Å². The summed E-state index contributed by atoms with van der Waals surface area (Å²) in [5.74, 6) is -0.428. The van der Waals surface area contributed by atoms with Crippen molar-refractivity contribution >= 4 is 34.6 Å². The highest BCUT2D eigenvalue weighted by Gasteiger charge is 2.21. The Morgan fingerprint density at radius 2 is 1.76 bits per heavy atom. The van der Waals surface area contributed by atoms with Crippen molar-refractivity contribution < 1.29 is 19.2 Å². The van der Waals surface area contributed by atoms with Gasteiger partial charge in [0.15, 0.2) is 5.75 Å². The van der Waals surface area contributed by atoms with E-state index in [1.807, 2.05) is 24.3 Å². The van der Waals surface area contributed by atoms with Crippen molar-refractivity contribution in [2.24, 2.45) is 5.73 Å². The molecule has 1 heterocycles. The maximum atomic E-state index is 12.8. The molecule has 4 N–H and O–H groups in total. The number of nitrogens with one attached hydrogen (secondary N) is 2. The number of methoxy groups -OCH3 is 1. The molecule has 0 spiro atoms. The summed E-state index contributed by atoms with van der Waals surface area (Å²) in [6.07, 6.45) is 1.62. The number of primary amides is 1. The molecule has 4 rings (SSSR count). The fourth-order valence-corrected chi connectivity index (χ4v) is 3.79. The van der Waals surface area contributed by atoms with Crippen LogP contribution in [0.3, 0.4) is 0 Å². The molecule has 0 fully saturated rings. The molecule has 9 nitrogen and oxygen atoms in total. The zero-order chi connectivity index (χ0) is 23.5. The first-order valence-corrected chi connectivity index (χ1v) is 10.3. The number of fused-ring (bicyclic) bond motifs is 2. The average Bonchev–Trinajstić information content (AvgIpc) is 2.93. The van der Waals surface area contributed by atoms with Gasteiger partial charge in [-0.1, -0.05) is 12.1 Å². The SMILES string of the molecule is COc1cc(-c2ccc3c(c2)Nc2ccc(CCCC(N)=O)cc2NC3=O)ccc1[N+](=O)[O-]. The van der Waals surface area contributed by atoms with Crippen LogP contribution < -0.4 is 21.1 Å². The summed E-state index contributed by atoms with van der Waals surface area (Å²) in [4.78, 5) is 34.5. The van der Waals surface area contributed by atoms with Crippen LogP contribution in [0.5, 0.6) is 5.75 Å². The summed E-state index contributed by atoms with van der Waals surface area (Å²) in [6.45, 7) is 0. The van der Waals surface area contributed by atoms with Gasteiger partial charge < -0.3 is 21.1 Å². The summed E-state index contributed by atoms with van der Waals surface area (Å²) in [6, 6.07) is 15.7. The Morgan fingerprint density at radius 3 is 2.48 bits per heavy atom. The topological polar surface area (TPSA) is 137 Å². The van der Waals surface area contributed by atoms with Gasteiger partial charge >= 0.3 is 5.69 Å². The molecule has 0 aromatic heterocycles. The minimum absolute atomic E-state index is 0.117. The second-order valence-corrected chi connectivity index (χ2v) is 7.68. The first-order valence-electron chi connectivity index (χ1n) is 10.3. The van der Waals surface area contributed by atoms with Crippen LogP contribution in [-0.2, 0) is 11.2 Å². The van der Waals surface area contributed by atoms with Crippen LogP contribution >= 0.6 is 0 Å². The minimum Gasteiger partial charge on any atom is -0.490 e. The van der Waals surface area contributed by atoms with Crippen LogP contribution in [0.15, 0.2) is 54.6 Å². The predicted octanol–water partition coefficient (Wildman–Crippen LogP) is 4.39. The molecule has 0 unspecified atom stereocenters. The molecule has 3 aromatic carbocycles.